The number of nitrogens with one attached hydrogen (secondary N) is 1. The number of rotatable bonds is 4. The number of aromatic nitrogens is 1. The lowest BCUT2D eigenvalue weighted by molar-refractivity contribution is -0.140. The molecule has 1 atom stereocenters. The van der Waals surface area contributed by atoms with Gasteiger partial charge in [0.15, 0.2) is 6.04 Å². The van der Waals surface area contributed by atoms with Crippen molar-refractivity contribution in [2.24, 2.45) is 0 Å². The van der Waals surface area contributed by atoms with Crippen molar-refractivity contribution in [3.05, 3.63) is 17.5 Å². The Balaban J connectivity index is 2.66. The lowest BCUT2D eigenvalue weighted by Gasteiger charge is -2.09. The highest BCUT2D eigenvalue weighted by atomic mass is 16.5. The van der Waals surface area contributed by atoms with Crippen molar-refractivity contribution in [3.63, 3.8) is 0 Å². The molecule has 1 amide bonds. The fourth-order valence-electron chi connectivity index (χ4n) is 0.885. The summed E-state index contributed by atoms with van der Waals surface area (Å²) in [6, 6.07) is 0.0222. The molecule has 1 heterocycles. The zero-order valence-corrected chi connectivity index (χ0v) is 7.93. The summed E-state index contributed by atoms with van der Waals surface area (Å²) in [6.45, 7) is 0.940. The van der Waals surface area contributed by atoms with Gasteiger partial charge in [-0.25, -0.2) is 4.79 Å². The van der Waals surface area contributed by atoms with Gasteiger partial charge >= 0.3 is 5.97 Å². The Hall–Kier alpha value is -1.89. The van der Waals surface area contributed by atoms with E-state index in [1.165, 1.54) is 6.07 Å². The minimum Gasteiger partial charge on any atom is -0.480 e. The lowest BCUT2D eigenvalue weighted by atomic mass is 10.3. The van der Waals surface area contributed by atoms with Gasteiger partial charge in [-0.2, -0.15) is 0 Å². The maximum absolute atomic E-state index is 11.3. The van der Waals surface area contributed by atoms with Crippen LogP contribution in [-0.2, 0) is 4.79 Å². The summed E-state index contributed by atoms with van der Waals surface area (Å²) >= 11 is 0. The molecule has 0 aliphatic rings. The Morgan fingerprint density at radius 3 is 2.73 bits per heavy atom. The number of aliphatic hydroxyl groups excluding tert-OH is 1. The molecule has 15 heavy (non-hydrogen) atoms. The normalized spacial score (nSPS) is 12.1. The fraction of sp³-hybridized carbons (Fsp3) is 0.375. The highest BCUT2D eigenvalue weighted by Gasteiger charge is 2.21. The van der Waals surface area contributed by atoms with Crippen LogP contribution in [0, 0.1) is 6.92 Å². The van der Waals surface area contributed by atoms with E-state index >= 15 is 0 Å². The second kappa shape index (κ2) is 4.56. The number of hydrogen-bond acceptors (Lipinski definition) is 5. The molecule has 82 valence electrons. The third-order valence-electron chi connectivity index (χ3n) is 1.64. The van der Waals surface area contributed by atoms with Crippen LogP contribution in [0.1, 0.15) is 16.2 Å². The second-order valence-corrected chi connectivity index (χ2v) is 2.88. The Kier molecular flexibility index (Phi) is 3.40. The molecule has 1 unspecified atom stereocenters. The smallest absolute Gasteiger partial charge is 0.328 e. The van der Waals surface area contributed by atoms with E-state index in [1.54, 1.807) is 6.92 Å². The van der Waals surface area contributed by atoms with Gasteiger partial charge < -0.3 is 20.1 Å². The van der Waals surface area contributed by atoms with E-state index in [0.29, 0.717) is 5.69 Å². The van der Waals surface area contributed by atoms with Crippen LogP contribution in [0.4, 0.5) is 0 Å². The standard InChI is InChI=1S/C8H10N2O5/c1-4-2-6(15-10-4)7(12)9-5(3-11)8(13)14/h2,5,11H,3H2,1H3,(H,9,12)(H,13,14). The molecule has 7 nitrogen and oxygen atoms in total. The molecule has 7 heteroatoms. The van der Waals surface area contributed by atoms with Crippen LogP contribution in [0.5, 0.6) is 0 Å². The first-order valence-electron chi connectivity index (χ1n) is 4.12. The van der Waals surface area contributed by atoms with Crippen molar-refractivity contribution >= 4 is 11.9 Å². The van der Waals surface area contributed by atoms with Crippen molar-refractivity contribution in [1.82, 2.24) is 10.5 Å². The van der Waals surface area contributed by atoms with Crippen LogP contribution in [0.2, 0.25) is 0 Å². The van der Waals surface area contributed by atoms with Gasteiger partial charge in [-0.05, 0) is 6.92 Å². The Morgan fingerprint density at radius 1 is 1.67 bits per heavy atom. The van der Waals surface area contributed by atoms with Gasteiger partial charge in [-0.1, -0.05) is 5.16 Å². The van der Waals surface area contributed by atoms with Gasteiger partial charge in [0.1, 0.15) is 0 Å². The van der Waals surface area contributed by atoms with E-state index in [9.17, 15) is 9.59 Å². The highest BCUT2D eigenvalue weighted by molar-refractivity contribution is 5.94. The van der Waals surface area contributed by atoms with Gasteiger partial charge in [0.05, 0.1) is 12.3 Å². The van der Waals surface area contributed by atoms with Crippen LogP contribution in [0.3, 0.4) is 0 Å². The van der Waals surface area contributed by atoms with Crippen LogP contribution in [0.25, 0.3) is 0 Å². The Morgan fingerprint density at radius 2 is 2.33 bits per heavy atom. The van der Waals surface area contributed by atoms with Crippen molar-refractivity contribution in [1.29, 1.82) is 0 Å². The number of hydrogen-bond donors (Lipinski definition) is 3. The summed E-state index contributed by atoms with van der Waals surface area (Å²) in [7, 11) is 0. The zero-order valence-electron chi connectivity index (χ0n) is 7.93. The molecule has 0 saturated carbocycles. The zero-order chi connectivity index (χ0) is 11.4. The predicted octanol–water partition coefficient (Wildman–Crippen LogP) is -0.842. The summed E-state index contributed by atoms with van der Waals surface area (Å²) < 4.78 is 4.61. The van der Waals surface area contributed by atoms with Gasteiger partial charge in [0, 0.05) is 6.07 Å². The number of carbonyl (C=O) groups excluding carboxylic acids is 1. The maximum Gasteiger partial charge on any atom is 0.328 e. The van der Waals surface area contributed by atoms with Crippen LogP contribution in [0.15, 0.2) is 10.6 Å². The monoisotopic (exact) mass is 214 g/mol. The van der Waals surface area contributed by atoms with E-state index < -0.39 is 24.5 Å². The summed E-state index contributed by atoms with van der Waals surface area (Å²) in [5.74, 6) is -2.13. The van der Waals surface area contributed by atoms with Gasteiger partial charge in [0.2, 0.25) is 5.76 Å². The van der Waals surface area contributed by atoms with Crippen molar-refractivity contribution < 1.29 is 24.3 Å². The topological polar surface area (TPSA) is 113 Å². The van der Waals surface area contributed by atoms with E-state index in [4.69, 9.17) is 10.2 Å². The number of aliphatic carboxylic acids is 1. The fourth-order valence-corrected chi connectivity index (χ4v) is 0.885. The second-order valence-electron chi connectivity index (χ2n) is 2.88. The van der Waals surface area contributed by atoms with E-state index in [-0.39, 0.29) is 5.76 Å². The van der Waals surface area contributed by atoms with Crippen molar-refractivity contribution in [2.45, 2.75) is 13.0 Å². The summed E-state index contributed by atoms with van der Waals surface area (Å²) in [4.78, 5) is 21.8. The molecule has 0 aromatic carbocycles. The molecule has 0 saturated heterocycles. The van der Waals surface area contributed by atoms with E-state index in [2.05, 4.69) is 15.0 Å². The Labute approximate surface area is 84.7 Å². The number of carboxylic acids is 1. The first-order chi connectivity index (χ1) is 7.04. The molecule has 1 rings (SSSR count). The molecular weight excluding hydrogens is 204 g/mol. The molecule has 1 aromatic heterocycles. The molecule has 0 aliphatic heterocycles. The minimum absolute atomic E-state index is 0.0906. The third kappa shape index (κ3) is 2.78. The van der Waals surface area contributed by atoms with Crippen molar-refractivity contribution in [2.75, 3.05) is 6.61 Å². The van der Waals surface area contributed by atoms with E-state index in [0.717, 1.165) is 0 Å². The molecule has 0 radical (unpaired) electrons. The largest absolute Gasteiger partial charge is 0.480 e. The Bertz CT molecular complexity index is 373. The number of aliphatic hydroxyl groups is 1. The molecule has 0 spiro atoms. The molecule has 0 fully saturated rings. The molecular formula is C8H10N2O5. The minimum atomic E-state index is -1.34. The number of carbonyl (C=O) groups is 2. The predicted molar refractivity (Wildman–Crippen MR) is 47.2 cm³/mol. The summed E-state index contributed by atoms with van der Waals surface area (Å²) in [6.07, 6.45) is 0. The molecule has 0 bridgehead atoms. The van der Waals surface area contributed by atoms with Gasteiger partial charge in [-0.15, -0.1) is 0 Å². The average Bonchev–Trinajstić information content (AvgIpc) is 2.60. The third-order valence-corrected chi connectivity index (χ3v) is 1.64. The van der Waals surface area contributed by atoms with Crippen molar-refractivity contribution in [3.8, 4) is 0 Å². The number of carboxylic acid groups (broad SMARTS) is 1. The molecule has 3 N–H and O–H groups in total. The van der Waals surface area contributed by atoms with Gasteiger partial charge in [-0.3, -0.25) is 4.79 Å². The summed E-state index contributed by atoms with van der Waals surface area (Å²) in [5, 5.41) is 22.8. The van der Waals surface area contributed by atoms with E-state index in [1.807, 2.05) is 0 Å². The first-order valence-corrected chi connectivity index (χ1v) is 4.12. The average molecular weight is 214 g/mol. The van der Waals surface area contributed by atoms with Gasteiger partial charge in [0.25, 0.3) is 5.91 Å². The number of nitrogens with zero attached hydrogens (tertiary/aromatic N) is 1. The summed E-state index contributed by atoms with van der Waals surface area (Å²) in [5.41, 5.74) is 0.510. The van der Waals surface area contributed by atoms with Crippen LogP contribution >= 0.6 is 0 Å². The first kappa shape index (κ1) is 11.2. The number of amides is 1. The molecule has 0 aliphatic carbocycles. The lowest BCUT2D eigenvalue weighted by Crippen LogP contribution is -2.43. The SMILES string of the molecule is Cc1cc(C(=O)NC(CO)C(=O)O)on1. The molecule has 1 aromatic rings. The maximum atomic E-state index is 11.3. The quantitative estimate of drug-likeness (QED) is 0.602. The number of aryl methyl sites for hydroxylation is 1. The highest BCUT2D eigenvalue weighted by Crippen LogP contribution is 2.02. The van der Waals surface area contributed by atoms with Crippen LogP contribution in [-0.4, -0.2) is 39.9 Å². The van der Waals surface area contributed by atoms with Crippen LogP contribution < -0.4 is 5.32 Å².